The predicted octanol–water partition coefficient (Wildman–Crippen LogP) is 6.52. The van der Waals surface area contributed by atoms with Crippen LogP contribution in [0.15, 0.2) is 0 Å². The lowest BCUT2D eigenvalue weighted by atomic mass is 9.95. The van der Waals surface area contributed by atoms with Crippen molar-refractivity contribution in [1.29, 1.82) is 0 Å². The minimum Gasteiger partial charge on any atom is -0.378 e. The van der Waals surface area contributed by atoms with Crippen LogP contribution in [0.2, 0.25) is 0 Å². The van der Waals surface area contributed by atoms with E-state index in [1.54, 1.807) is 0 Å². The van der Waals surface area contributed by atoms with Crippen molar-refractivity contribution in [3.05, 3.63) is 0 Å². The lowest BCUT2D eigenvalue weighted by Gasteiger charge is -2.17. The van der Waals surface area contributed by atoms with Crippen LogP contribution >= 0.6 is 0 Å². The molecule has 0 amide bonds. The van der Waals surface area contributed by atoms with Gasteiger partial charge in [-0.15, -0.1) is 0 Å². The molecule has 1 aliphatic rings. The topological polar surface area (TPSA) is 21.8 Å². The zero-order valence-corrected chi connectivity index (χ0v) is 16.0. The molecule has 1 saturated heterocycles. The van der Waals surface area contributed by atoms with Gasteiger partial charge in [-0.3, -0.25) is 0 Å². The van der Waals surface area contributed by atoms with Crippen molar-refractivity contribution in [3.8, 4) is 0 Å². The zero-order chi connectivity index (χ0) is 16.6. The van der Waals surface area contributed by atoms with Gasteiger partial charge in [0.15, 0.2) is 0 Å². The zero-order valence-electron chi connectivity index (χ0n) is 16.0. The first-order valence-corrected chi connectivity index (χ1v) is 10.6. The van der Waals surface area contributed by atoms with E-state index < -0.39 is 0 Å². The highest BCUT2D eigenvalue weighted by Crippen LogP contribution is 2.20. The molecule has 0 aromatic heterocycles. The van der Waals surface area contributed by atoms with Crippen LogP contribution in [0.4, 0.5) is 0 Å². The molecule has 23 heavy (non-hydrogen) atoms. The number of ether oxygens (including phenoxy) is 2. The van der Waals surface area contributed by atoms with Gasteiger partial charge in [-0.1, -0.05) is 90.9 Å². The van der Waals surface area contributed by atoms with Crippen molar-refractivity contribution < 1.29 is 9.47 Å². The summed E-state index contributed by atoms with van der Waals surface area (Å²) in [5.74, 6) is 0.783. The summed E-state index contributed by atoms with van der Waals surface area (Å²) >= 11 is 0. The van der Waals surface area contributed by atoms with Gasteiger partial charge in [0, 0.05) is 6.61 Å². The second kappa shape index (κ2) is 15.4. The van der Waals surface area contributed by atoms with Gasteiger partial charge in [0.25, 0.3) is 0 Å². The third-order valence-electron chi connectivity index (χ3n) is 4.99. The Bertz CT molecular complexity index is 222. The molecule has 1 heterocycles. The first-order chi connectivity index (χ1) is 11.4. The monoisotopic (exact) mass is 326 g/mol. The quantitative estimate of drug-likeness (QED) is 0.211. The molecule has 0 aliphatic carbocycles. The predicted molar refractivity (Wildman–Crippen MR) is 100 cm³/mol. The molecule has 1 atom stereocenters. The van der Waals surface area contributed by atoms with Crippen molar-refractivity contribution in [2.75, 3.05) is 19.8 Å². The minimum absolute atomic E-state index is 0.415. The summed E-state index contributed by atoms with van der Waals surface area (Å²) in [6.45, 7) is 7.28. The van der Waals surface area contributed by atoms with Crippen LogP contribution in [0, 0.1) is 5.92 Å². The molecule has 0 aromatic carbocycles. The highest BCUT2D eigenvalue weighted by atomic mass is 16.6. The Balaban J connectivity index is 2.03. The van der Waals surface area contributed by atoms with Crippen LogP contribution in [0.5, 0.6) is 0 Å². The van der Waals surface area contributed by atoms with Crippen LogP contribution in [0.3, 0.4) is 0 Å². The normalized spacial score (nSPS) is 17.1. The first kappa shape index (κ1) is 21.0. The van der Waals surface area contributed by atoms with E-state index >= 15 is 0 Å². The smallest absolute Gasteiger partial charge is 0.104 e. The van der Waals surface area contributed by atoms with Gasteiger partial charge in [0.1, 0.15) is 6.10 Å². The van der Waals surface area contributed by atoms with Crippen LogP contribution in [0.1, 0.15) is 104 Å². The van der Waals surface area contributed by atoms with Gasteiger partial charge in [0.05, 0.1) is 13.2 Å². The molecule has 1 unspecified atom stereocenters. The van der Waals surface area contributed by atoms with Crippen molar-refractivity contribution in [2.45, 2.75) is 110 Å². The average molecular weight is 327 g/mol. The van der Waals surface area contributed by atoms with Crippen molar-refractivity contribution in [2.24, 2.45) is 5.92 Å². The summed E-state index contributed by atoms with van der Waals surface area (Å²) < 4.78 is 11.1. The molecular formula is C21H42O2. The molecule has 0 spiro atoms. The molecule has 138 valence electrons. The average Bonchev–Trinajstić information content (AvgIpc) is 3.37. The van der Waals surface area contributed by atoms with E-state index in [9.17, 15) is 0 Å². The van der Waals surface area contributed by atoms with Gasteiger partial charge in [0.2, 0.25) is 0 Å². The highest BCUT2D eigenvalue weighted by molar-refractivity contribution is 4.68. The SMILES string of the molecule is CCCCCCCCC(CCCCCCCC)COCC1CO1. The minimum atomic E-state index is 0.415. The Kier molecular flexibility index (Phi) is 14.1. The van der Waals surface area contributed by atoms with Gasteiger partial charge in [-0.05, 0) is 18.8 Å². The standard InChI is InChI=1S/C21H42O2/c1-3-5-7-9-11-13-15-20(17-22-18-21-19-23-21)16-14-12-10-8-6-4-2/h20-21H,3-19H2,1-2H3. The fraction of sp³-hybridized carbons (Fsp3) is 1.00. The van der Waals surface area contributed by atoms with Crippen LogP contribution < -0.4 is 0 Å². The van der Waals surface area contributed by atoms with E-state index in [2.05, 4.69) is 13.8 Å². The maximum absolute atomic E-state index is 5.89. The highest BCUT2D eigenvalue weighted by Gasteiger charge is 2.22. The summed E-state index contributed by atoms with van der Waals surface area (Å²) in [4.78, 5) is 0. The molecule has 2 nitrogen and oxygen atoms in total. The second-order valence-corrected chi connectivity index (χ2v) is 7.47. The van der Waals surface area contributed by atoms with Crippen molar-refractivity contribution in [3.63, 3.8) is 0 Å². The molecule has 0 N–H and O–H groups in total. The molecule has 0 radical (unpaired) electrons. The number of hydrogen-bond acceptors (Lipinski definition) is 2. The summed E-state index contributed by atoms with van der Waals surface area (Å²) in [6.07, 6.45) is 20.0. The number of rotatable bonds is 18. The van der Waals surface area contributed by atoms with Crippen molar-refractivity contribution >= 4 is 0 Å². The van der Waals surface area contributed by atoms with Crippen LogP contribution in [0.25, 0.3) is 0 Å². The Labute approximate surface area is 145 Å². The van der Waals surface area contributed by atoms with Crippen molar-refractivity contribution in [1.82, 2.24) is 0 Å². The molecule has 2 heteroatoms. The lowest BCUT2D eigenvalue weighted by Crippen LogP contribution is -2.13. The molecule has 0 saturated carbocycles. The van der Waals surface area contributed by atoms with E-state index in [0.29, 0.717) is 6.10 Å². The molecule has 0 aromatic rings. The summed E-state index contributed by atoms with van der Waals surface area (Å²) in [5.41, 5.74) is 0. The third kappa shape index (κ3) is 14.0. The van der Waals surface area contributed by atoms with E-state index in [4.69, 9.17) is 9.47 Å². The first-order valence-electron chi connectivity index (χ1n) is 10.6. The lowest BCUT2D eigenvalue weighted by molar-refractivity contribution is 0.0787. The number of unbranched alkanes of at least 4 members (excludes halogenated alkanes) is 10. The molecule has 1 fully saturated rings. The number of hydrogen-bond donors (Lipinski definition) is 0. The van der Waals surface area contributed by atoms with E-state index in [0.717, 1.165) is 25.7 Å². The molecule has 1 aliphatic heterocycles. The molecule has 0 bridgehead atoms. The Morgan fingerprint density at radius 3 is 1.74 bits per heavy atom. The fourth-order valence-electron chi connectivity index (χ4n) is 3.27. The Morgan fingerprint density at radius 2 is 1.26 bits per heavy atom. The molecular weight excluding hydrogens is 284 g/mol. The fourth-order valence-corrected chi connectivity index (χ4v) is 3.27. The second-order valence-electron chi connectivity index (χ2n) is 7.47. The van der Waals surface area contributed by atoms with Gasteiger partial charge in [-0.2, -0.15) is 0 Å². The van der Waals surface area contributed by atoms with Gasteiger partial charge >= 0.3 is 0 Å². The third-order valence-corrected chi connectivity index (χ3v) is 4.99. The largest absolute Gasteiger partial charge is 0.378 e. The van der Waals surface area contributed by atoms with Gasteiger partial charge < -0.3 is 9.47 Å². The maximum atomic E-state index is 5.89. The van der Waals surface area contributed by atoms with Crippen LogP contribution in [-0.2, 0) is 9.47 Å². The number of epoxide rings is 1. The summed E-state index contributed by atoms with van der Waals surface area (Å²) in [5, 5.41) is 0. The summed E-state index contributed by atoms with van der Waals surface area (Å²) in [7, 11) is 0. The molecule has 1 rings (SSSR count). The summed E-state index contributed by atoms with van der Waals surface area (Å²) in [6, 6.07) is 0. The van der Waals surface area contributed by atoms with E-state index in [-0.39, 0.29) is 0 Å². The van der Waals surface area contributed by atoms with E-state index in [1.807, 2.05) is 0 Å². The maximum Gasteiger partial charge on any atom is 0.104 e. The van der Waals surface area contributed by atoms with Crippen LogP contribution in [-0.4, -0.2) is 25.9 Å². The van der Waals surface area contributed by atoms with E-state index in [1.165, 1.54) is 89.9 Å². The van der Waals surface area contributed by atoms with Gasteiger partial charge in [-0.25, -0.2) is 0 Å². The Hall–Kier alpha value is -0.0800. The Morgan fingerprint density at radius 1 is 0.783 bits per heavy atom.